The average Bonchev–Trinajstić information content (AvgIpc) is 2.34. The number of rotatable bonds is 2. The zero-order chi connectivity index (χ0) is 14.0. The van der Waals surface area contributed by atoms with E-state index in [0.29, 0.717) is 18.5 Å². The number of nitrogens with one attached hydrogen (secondary N) is 1. The van der Waals surface area contributed by atoms with E-state index in [-0.39, 0.29) is 5.75 Å². The number of sulfone groups is 1. The Bertz CT molecular complexity index is 598. The van der Waals surface area contributed by atoms with E-state index >= 15 is 0 Å². The third kappa shape index (κ3) is 3.17. The number of hydrogen-bond acceptors (Lipinski definition) is 3. The van der Waals surface area contributed by atoms with Crippen molar-refractivity contribution in [3.8, 4) is 0 Å². The Kier molecular flexibility index (Phi) is 4.30. The number of benzene rings is 1. The van der Waals surface area contributed by atoms with Crippen LogP contribution in [0.15, 0.2) is 22.7 Å². The van der Waals surface area contributed by atoms with Gasteiger partial charge in [0.15, 0.2) is 9.84 Å². The monoisotopic (exact) mass is 345 g/mol. The fourth-order valence-corrected chi connectivity index (χ4v) is 4.37. The van der Waals surface area contributed by atoms with Gasteiger partial charge in [0.1, 0.15) is 5.25 Å². The fourth-order valence-electron chi connectivity index (χ4n) is 2.21. The van der Waals surface area contributed by atoms with Gasteiger partial charge in [-0.3, -0.25) is 4.79 Å². The number of carbonyl (C=O) groups excluding carboxylic acids is 1. The van der Waals surface area contributed by atoms with Crippen LogP contribution >= 0.6 is 15.9 Å². The highest BCUT2D eigenvalue weighted by Crippen LogP contribution is 2.25. The molecule has 0 aliphatic carbocycles. The smallest absolute Gasteiger partial charge is 0.242 e. The van der Waals surface area contributed by atoms with Crippen LogP contribution in [-0.2, 0) is 14.6 Å². The number of halogens is 1. The van der Waals surface area contributed by atoms with E-state index < -0.39 is 21.0 Å². The molecule has 6 heteroatoms. The predicted octanol–water partition coefficient (Wildman–Crippen LogP) is 2.66. The van der Waals surface area contributed by atoms with Crippen molar-refractivity contribution in [2.75, 3.05) is 11.1 Å². The molecular weight excluding hydrogens is 330 g/mol. The molecule has 19 heavy (non-hydrogen) atoms. The van der Waals surface area contributed by atoms with Crippen molar-refractivity contribution in [2.24, 2.45) is 0 Å². The predicted molar refractivity (Wildman–Crippen MR) is 78.9 cm³/mol. The molecule has 1 heterocycles. The zero-order valence-corrected chi connectivity index (χ0v) is 13.1. The molecule has 1 atom stereocenters. The highest BCUT2D eigenvalue weighted by atomic mass is 79.9. The highest BCUT2D eigenvalue weighted by Gasteiger charge is 2.34. The molecule has 0 saturated carbocycles. The van der Waals surface area contributed by atoms with Crippen LogP contribution in [0, 0.1) is 6.92 Å². The summed E-state index contributed by atoms with van der Waals surface area (Å²) < 4.78 is 24.7. The standard InChI is InChI=1S/C13H16BrNO3S/c1-9-10(14)5-4-6-11(9)15-13(16)12-7-2-3-8-19(12,17)18/h4-6,12H,2-3,7-8H2,1H3,(H,15,16). The van der Waals surface area contributed by atoms with Crippen LogP contribution < -0.4 is 5.32 Å². The molecule has 0 aromatic heterocycles. The molecule has 0 radical (unpaired) electrons. The molecule has 1 N–H and O–H groups in total. The third-order valence-corrected chi connectivity index (χ3v) is 6.43. The molecule has 0 bridgehead atoms. The van der Waals surface area contributed by atoms with Gasteiger partial charge >= 0.3 is 0 Å². The first-order chi connectivity index (χ1) is 8.92. The van der Waals surface area contributed by atoms with Crippen LogP contribution in [0.5, 0.6) is 0 Å². The number of anilines is 1. The largest absolute Gasteiger partial charge is 0.325 e. The lowest BCUT2D eigenvalue weighted by atomic mass is 10.1. The molecule has 104 valence electrons. The minimum absolute atomic E-state index is 0.114. The summed E-state index contributed by atoms with van der Waals surface area (Å²) >= 11 is 3.38. The first-order valence-electron chi connectivity index (χ1n) is 6.19. The maximum atomic E-state index is 12.1. The van der Waals surface area contributed by atoms with Crippen LogP contribution in [0.25, 0.3) is 0 Å². The van der Waals surface area contributed by atoms with Crippen molar-refractivity contribution in [1.29, 1.82) is 0 Å². The van der Waals surface area contributed by atoms with Crippen LogP contribution in [0.4, 0.5) is 5.69 Å². The summed E-state index contributed by atoms with van der Waals surface area (Å²) in [5.41, 5.74) is 1.55. The zero-order valence-electron chi connectivity index (χ0n) is 10.6. The Labute approximate surface area is 121 Å². The van der Waals surface area contributed by atoms with E-state index in [0.717, 1.165) is 16.5 Å². The molecule has 1 unspecified atom stereocenters. The molecule has 1 aromatic rings. The summed E-state index contributed by atoms with van der Waals surface area (Å²) in [6.45, 7) is 1.87. The Balaban J connectivity index is 2.19. The maximum Gasteiger partial charge on any atom is 0.242 e. The minimum Gasteiger partial charge on any atom is -0.325 e. The lowest BCUT2D eigenvalue weighted by Gasteiger charge is -2.22. The first-order valence-corrected chi connectivity index (χ1v) is 8.70. The van der Waals surface area contributed by atoms with Crippen molar-refractivity contribution in [3.63, 3.8) is 0 Å². The second kappa shape index (κ2) is 5.63. The molecule has 1 fully saturated rings. The Morgan fingerprint density at radius 3 is 2.79 bits per heavy atom. The van der Waals surface area contributed by atoms with Gasteiger partial charge < -0.3 is 5.32 Å². The van der Waals surface area contributed by atoms with E-state index in [4.69, 9.17) is 0 Å². The van der Waals surface area contributed by atoms with Crippen molar-refractivity contribution >= 4 is 37.4 Å². The van der Waals surface area contributed by atoms with Gasteiger partial charge in [-0.2, -0.15) is 0 Å². The second-order valence-corrected chi connectivity index (χ2v) is 7.91. The fraction of sp³-hybridized carbons (Fsp3) is 0.462. The maximum absolute atomic E-state index is 12.1. The first kappa shape index (κ1) is 14.5. The van der Waals surface area contributed by atoms with Gasteiger partial charge in [-0.05, 0) is 37.5 Å². The van der Waals surface area contributed by atoms with Gasteiger partial charge in [0, 0.05) is 10.2 Å². The number of hydrogen-bond donors (Lipinski definition) is 1. The van der Waals surface area contributed by atoms with E-state index in [1.807, 2.05) is 19.1 Å². The lowest BCUT2D eigenvalue weighted by molar-refractivity contribution is -0.116. The van der Waals surface area contributed by atoms with Crippen LogP contribution in [0.3, 0.4) is 0 Å². The summed E-state index contributed by atoms with van der Waals surface area (Å²) in [6.07, 6.45) is 1.86. The molecule has 1 saturated heterocycles. The Morgan fingerprint density at radius 1 is 1.37 bits per heavy atom. The SMILES string of the molecule is Cc1c(Br)cccc1NC(=O)C1CCCCS1(=O)=O. The Morgan fingerprint density at radius 2 is 2.11 bits per heavy atom. The van der Waals surface area contributed by atoms with Crippen molar-refractivity contribution in [3.05, 3.63) is 28.2 Å². The van der Waals surface area contributed by atoms with Crippen LogP contribution in [-0.4, -0.2) is 25.3 Å². The molecular formula is C13H16BrNO3S. The van der Waals surface area contributed by atoms with E-state index in [1.54, 1.807) is 6.07 Å². The molecule has 1 aliphatic heterocycles. The summed E-state index contributed by atoms with van der Waals surface area (Å²) in [6, 6.07) is 5.46. The summed E-state index contributed by atoms with van der Waals surface area (Å²) in [7, 11) is -3.29. The molecule has 1 amide bonds. The lowest BCUT2D eigenvalue weighted by Crippen LogP contribution is -2.39. The van der Waals surface area contributed by atoms with Crippen LogP contribution in [0.2, 0.25) is 0 Å². The second-order valence-electron chi connectivity index (χ2n) is 4.75. The quantitative estimate of drug-likeness (QED) is 0.896. The van der Waals surface area contributed by atoms with E-state index in [1.165, 1.54) is 0 Å². The van der Waals surface area contributed by atoms with Gasteiger partial charge in [0.05, 0.1) is 5.75 Å². The van der Waals surface area contributed by atoms with Crippen molar-refractivity contribution < 1.29 is 13.2 Å². The van der Waals surface area contributed by atoms with Gasteiger partial charge in [-0.15, -0.1) is 0 Å². The molecule has 1 aromatic carbocycles. The third-order valence-electron chi connectivity index (χ3n) is 3.40. The number of amides is 1. The van der Waals surface area contributed by atoms with Crippen molar-refractivity contribution in [1.82, 2.24) is 0 Å². The van der Waals surface area contributed by atoms with Crippen LogP contribution in [0.1, 0.15) is 24.8 Å². The average molecular weight is 346 g/mol. The summed E-state index contributed by atoms with van der Waals surface area (Å²) in [5.74, 6) is -0.302. The Hall–Kier alpha value is -0.880. The topological polar surface area (TPSA) is 63.2 Å². The van der Waals surface area contributed by atoms with Gasteiger partial charge in [-0.1, -0.05) is 28.4 Å². The molecule has 1 aliphatic rings. The highest BCUT2D eigenvalue weighted by molar-refractivity contribution is 9.10. The minimum atomic E-state index is -3.29. The summed E-state index contributed by atoms with van der Waals surface area (Å²) in [4.78, 5) is 12.1. The van der Waals surface area contributed by atoms with Gasteiger partial charge in [0.25, 0.3) is 0 Å². The normalized spacial score (nSPS) is 21.9. The van der Waals surface area contributed by atoms with Gasteiger partial charge in [-0.25, -0.2) is 8.42 Å². The molecule has 0 spiro atoms. The molecule has 2 rings (SSSR count). The van der Waals surface area contributed by atoms with Crippen molar-refractivity contribution in [2.45, 2.75) is 31.4 Å². The van der Waals surface area contributed by atoms with E-state index in [2.05, 4.69) is 21.2 Å². The van der Waals surface area contributed by atoms with E-state index in [9.17, 15) is 13.2 Å². The number of carbonyl (C=O) groups is 1. The molecule has 4 nitrogen and oxygen atoms in total. The summed E-state index contributed by atoms with van der Waals surface area (Å²) in [5, 5.41) is 1.83. The van der Waals surface area contributed by atoms with Gasteiger partial charge in [0.2, 0.25) is 5.91 Å².